The summed E-state index contributed by atoms with van der Waals surface area (Å²) >= 11 is 0. The minimum Gasteiger partial charge on any atom is -0.368 e. The molecular weight excluding hydrogens is 295 g/mol. The van der Waals surface area contributed by atoms with Crippen LogP contribution in [0.4, 0.5) is 10.1 Å². The molecule has 0 atom stereocenters. The molecule has 1 aromatic carbocycles. The Kier molecular flexibility index (Phi) is 4.77. The third kappa shape index (κ3) is 3.45. The van der Waals surface area contributed by atoms with E-state index in [1.165, 1.54) is 6.07 Å². The lowest BCUT2D eigenvalue weighted by Gasteiger charge is -2.36. The molecule has 122 valence electrons. The van der Waals surface area contributed by atoms with Gasteiger partial charge in [-0.05, 0) is 25.0 Å². The van der Waals surface area contributed by atoms with Crippen LogP contribution in [-0.4, -0.2) is 61.5 Å². The highest BCUT2D eigenvalue weighted by molar-refractivity contribution is 5.78. The largest absolute Gasteiger partial charge is 0.368 e. The quantitative estimate of drug-likeness (QED) is 0.847. The predicted molar refractivity (Wildman–Crippen MR) is 85.6 cm³/mol. The summed E-state index contributed by atoms with van der Waals surface area (Å²) in [4.78, 5) is 18.3. The Morgan fingerprint density at radius 3 is 2.48 bits per heavy atom. The first-order chi connectivity index (χ1) is 11.2. The lowest BCUT2D eigenvalue weighted by molar-refractivity contribution is -0.131. The Hall–Kier alpha value is -2.13. The van der Waals surface area contributed by atoms with Gasteiger partial charge in [0.25, 0.3) is 0 Å². The van der Waals surface area contributed by atoms with E-state index in [-0.39, 0.29) is 11.5 Å². The maximum atomic E-state index is 13.7. The van der Waals surface area contributed by atoms with Crippen LogP contribution < -0.4 is 4.90 Å². The fourth-order valence-electron chi connectivity index (χ4n) is 3.29. The van der Waals surface area contributed by atoms with Gasteiger partial charge < -0.3 is 9.80 Å². The minimum atomic E-state index is -0.475. The average molecular weight is 316 g/mol. The maximum Gasteiger partial charge on any atom is 0.236 e. The summed E-state index contributed by atoms with van der Waals surface area (Å²) in [7, 11) is 0. The molecule has 3 rings (SSSR count). The molecule has 1 aromatic rings. The van der Waals surface area contributed by atoms with E-state index in [1.807, 2.05) is 15.9 Å². The molecule has 2 heterocycles. The molecule has 0 radical (unpaired) electrons. The van der Waals surface area contributed by atoms with E-state index in [9.17, 15) is 9.18 Å². The van der Waals surface area contributed by atoms with E-state index in [0.717, 1.165) is 39.0 Å². The van der Waals surface area contributed by atoms with Crippen molar-refractivity contribution in [3.63, 3.8) is 0 Å². The number of hydrogen-bond donors (Lipinski definition) is 0. The first kappa shape index (κ1) is 15.8. The first-order valence-corrected chi connectivity index (χ1v) is 8.13. The van der Waals surface area contributed by atoms with E-state index in [1.54, 1.807) is 12.1 Å². The van der Waals surface area contributed by atoms with Gasteiger partial charge in [-0.1, -0.05) is 6.07 Å². The first-order valence-electron chi connectivity index (χ1n) is 8.13. The maximum absolute atomic E-state index is 13.7. The summed E-state index contributed by atoms with van der Waals surface area (Å²) in [6, 6.07) is 6.68. The van der Waals surface area contributed by atoms with Crippen molar-refractivity contribution in [2.24, 2.45) is 0 Å². The van der Waals surface area contributed by atoms with Crippen LogP contribution in [0.3, 0.4) is 0 Å². The number of carbonyl (C=O) groups excluding carboxylic acids is 1. The van der Waals surface area contributed by atoms with E-state index < -0.39 is 5.82 Å². The van der Waals surface area contributed by atoms with Gasteiger partial charge in [0, 0.05) is 39.3 Å². The van der Waals surface area contributed by atoms with Gasteiger partial charge in [-0.2, -0.15) is 5.26 Å². The van der Waals surface area contributed by atoms with Gasteiger partial charge in [0.05, 0.1) is 12.2 Å². The zero-order valence-corrected chi connectivity index (χ0v) is 13.2. The molecule has 2 saturated heterocycles. The number of piperazine rings is 1. The molecule has 0 unspecified atom stereocenters. The van der Waals surface area contributed by atoms with Crippen molar-refractivity contribution in [3.8, 4) is 6.07 Å². The van der Waals surface area contributed by atoms with Crippen LogP contribution in [0.25, 0.3) is 0 Å². The number of nitrogens with zero attached hydrogens (tertiary/aromatic N) is 4. The highest BCUT2D eigenvalue weighted by Crippen LogP contribution is 2.23. The average Bonchev–Trinajstić information content (AvgIpc) is 3.10. The summed E-state index contributed by atoms with van der Waals surface area (Å²) in [5, 5.41) is 9.14. The fraction of sp³-hybridized carbons (Fsp3) is 0.529. The molecule has 0 N–H and O–H groups in total. The topological polar surface area (TPSA) is 50.6 Å². The van der Waals surface area contributed by atoms with Crippen LogP contribution in [0, 0.1) is 17.1 Å². The van der Waals surface area contributed by atoms with Gasteiger partial charge in [0.15, 0.2) is 0 Å². The summed E-state index contributed by atoms with van der Waals surface area (Å²) in [5.41, 5.74) is 0.757. The number of benzene rings is 1. The van der Waals surface area contributed by atoms with E-state index in [0.29, 0.717) is 25.3 Å². The van der Waals surface area contributed by atoms with Crippen LogP contribution in [0.1, 0.15) is 18.4 Å². The molecule has 0 aliphatic carbocycles. The Morgan fingerprint density at radius 1 is 1.13 bits per heavy atom. The Morgan fingerprint density at radius 2 is 1.83 bits per heavy atom. The van der Waals surface area contributed by atoms with Crippen molar-refractivity contribution >= 4 is 11.6 Å². The molecule has 0 spiro atoms. The molecular formula is C17H21FN4O. The number of nitriles is 1. The Bertz CT molecular complexity index is 614. The third-order valence-electron chi connectivity index (χ3n) is 4.63. The third-order valence-corrected chi connectivity index (χ3v) is 4.63. The highest BCUT2D eigenvalue weighted by Gasteiger charge is 2.24. The standard InChI is InChI=1S/C17H21FN4O/c18-15-4-3-5-16(14(15)12-19)21-10-8-20(9-11-21)13-17(23)22-6-1-2-7-22/h3-5H,1-2,6-11,13H2. The van der Waals surface area contributed by atoms with Crippen LogP contribution in [0.15, 0.2) is 18.2 Å². The number of likely N-dealkylation sites (tertiary alicyclic amines) is 1. The number of amides is 1. The van der Waals surface area contributed by atoms with Crippen molar-refractivity contribution in [3.05, 3.63) is 29.6 Å². The van der Waals surface area contributed by atoms with Crippen LogP contribution in [-0.2, 0) is 4.79 Å². The molecule has 1 amide bonds. The van der Waals surface area contributed by atoms with E-state index in [2.05, 4.69) is 4.90 Å². The number of halogens is 1. The summed E-state index contributed by atoms with van der Waals surface area (Å²) in [6.07, 6.45) is 2.21. The Labute approximate surface area is 135 Å². The summed E-state index contributed by atoms with van der Waals surface area (Å²) in [6.45, 7) is 5.13. The molecule has 5 nitrogen and oxygen atoms in total. The molecule has 0 aromatic heterocycles. The van der Waals surface area contributed by atoms with Crippen LogP contribution >= 0.6 is 0 Å². The highest BCUT2D eigenvalue weighted by atomic mass is 19.1. The van der Waals surface area contributed by atoms with Crippen LogP contribution in [0.2, 0.25) is 0 Å². The molecule has 0 saturated carbocycles. The number of carbonyl (C=O) groups is 1. The normalized spacial score (nSPS) is 19.0. The number of hydrogen-bond acceptors (Lipinski definition) is 4. The predicted octanol–water partition coefficient (Wildman–Crippen LogP) is 1.44. The van der Waals surface area contributed by atoms with Gasteiger partial charge in [-0.3, -0.25) is 9.69 Å². The monoisotopic (exact) mass is 316 g/mol. The van der Waals surface area contributed by atoms with Gasteiger partial charge in [0.2, 0.25) is 5.91 Å². The minimum absolute atomic E-state index is 0.106. The van der Waals surface area contributed by atoms with Gasteiger partial charge in [-0.15, -0.1) is 0 Å². The zero-order valence-electron chi connectivity index (χ0n) is 13.2. The van der Waals surface area contributed by atoms with Crippen molar-refractivity contribution in [1.82, 2.24) is 9.80 Å². The van der Waals surface area contributed by atoms with Crippen LogP contribution in [0.5, 0.6) is 0 Å². The lowest BCUT2D eigenvalue weighted by Crippen LogP contribution is -2.50. The molecule has 2 aliphatic heterocycles. The van der Waals surface area contributed by atoms with E-state index >= 15 is 0 Å². The molecule has 2 aliphatic rings. The Balaban J connectivity index is 1.57. The second-order valence-corrected chi connectivity index (χ2v) is 6.10. The number of rotatable bonds is 3. The zero-order chi connectivity index (χ0) is 16.2. The smallest absolute Gasteiger partial charge is 0.236 e. The SMILES string of the molecule is N#Cc1c(F)cccc1N1CCN(CC(=O)N2CCCC2)CC1. The number of anilines is 1. The molecule has 23 heavy (non-hydrogen) atoms. The molecule has 2 fully saturated rings. The van der Waals surface area contributed by atoms with Crippen molar-refractivity contribution < 1.29 is 9.18 Å². The van der Waals surface area contributed by atoms with Gasteiger partial charge in [0.1, 0.15) is 17.4 Å². The summed E-state index contributed by atoms with van der Waals surface area (Å²) < 4.78 is 13.7. The lowest BCUT2D eigenvalue weighted by atomic mass is 10.1. The molecule has 0 bridgehead atoms. The second-order valence-electron chi connectivity index (χ2n) is 6.10. The van der Waals surface area contributed by atoms with Crippen molar-refractivity contribution in [2.75, 3.05) is 50.7 Å². The van der Waals surface area contributed by atoms with Gasteiger partial charge >= 0.3 is 0 Å². The van der Waals surface area contributed by atoms with Crippen molar-refractivity contribution in [1.29, 1.82) is 5.26 Å². The van der Waals surface area contributed by atoms with Gasteiger partial charge in [-0.25, -0.2) is 4.39 Å². The van der Waals surface area contributed by atoms with E-state index in [4.69, 9.17) is 5.26 Å². The second kappa shape index (κ2) is 6.97. The fourth-order valence-corrected chi connectivity index (χ4v) is 3.29. The molecule has 6 heteroatoms. The van der Waals surface area contributed by atoms with Crippen molar-refractivity contribution in [2.45, 2.75) is 12.8 Å². The summed E-state index contributed by atoms with van der Waals surface area (Å²) in [5.74, 6) is -0.268.